The van der Waals surface area contributed by atoms with Gasteiger partial charge < -0.3 is 19.5 Å². The van der Waals surface area contributed by atoms with E-state index in [0.717, 1.165) is 16.9 Å². The molecule has 7 nitrogen and oxygen atoms in total. The van der Waals surface area contributed by atoms with Gasteiger partial charge in [-0.2, -0.15) is 0 Å². The van der Waals surface area contributed by atoms with E-state index in [4.69, 9.17) is 37.4 Å². The molecule has 3 aromatic rings. The number of ether oxygens (including phenoxy) is 3. The van der Waals surface area contributed by atoms with Crippen LogP contribution in [0.25, 0.3) is 0 Å². The third-order valence-corrected chi connectivity index (χ3v) is 6.55. The number of rotatable bonds is 9. The largest absolute Gasteiger partial charge is 0.479 e. The lowest BCUT2D eigenvalue weighted by molar-refractivity contribution is -0.122. The Morgan fingerprint density at radius 3 is 2.40 bits per heavy atom. The van der Waals surface area contributed by atoms with Crippen molar-refractivity contribution >= 4 is 57.4 Å². The number of halogens is 2. The predicted molar refractivity (Wildman–Crippen MR) is 136 cm³/mol. The number of esters is 2. The number of carbonyl (C=O) groups is 3. The first-order valence-corrected chi connectivity index (χ1v) is 12.2. The van der Waals surface area contributed by atoms with Crippen LogP contribution in [-0.2, 0) is 20.9 Å². The molecule has 1 N–H and O–H groups in total. The second-order valence-electron chi connectivity index (χ2n) is 7.37. The first-order valence-electron chi connectivity index (χ1n) is 10.6. The van der Waals surface area contributed by atoms with Crippen molar-refractivity contribution in [3.8, 4) is 5.75 Å². The minimum atomic E-state index is -0.973. The number of benzene rings is 2. The van der Waals surface area contributed by atoms with Gasteiger partial charge in [0.2, 0.25) is 0 Å². The summed E-state index contributed by atoms with van der Waals surface area (Å²) in [5, 5.41) is 3.51. The highest BCUT2D eigenvalue weighted by Crippen LogP contribution is 2.35. The van der Waals surface area contributed by atoms with E-state index in [1.54, 1.807) is 26.0 Å². The molecule has 0 aliphatic heterocycles. The first-order chi connectivity index (χ1) is 16.7. The van der Waals surface area contributed by atoms with Gasteiger partial charge in [-0.25, -0.2) is 9.59 Å². The topological polar surface area (TPSA) is 90.9 Å². The van der Waals surface area contributed by atoms with E-state index < -0.39 is 23.9 Å². The number of hydrogen-bond donors (Lipinski definition) is 1. The van der Waals surface area contributed by atoms with Gasteiger partial charge in [-0.1, -0.05) is 53.5 Å². The lowest BCUT2D eigenvalue weighted by Crippen LogP contribution is -2.30. The Kier molecular flexibility index (Phi) is 9.14. The number of nitrogens with one attached hydrogen (secondary N) is 1. The quantitative estimate of drug-likeness (QED) is 0.323. The molecule has 0 bridgehead atoms. The maximum atomic E-state index is 12.9. The zero-order valence-electron chi connectivity index (χ0n) is 19.2. The van der Waals surface area contributed by atoms with Crippen molar-refractivity contribution in [1.82, 2.24) is 0 Å². The Bertz CT molecular complexity index is 1230. The average Bonchev–Trinajstić information content (AvgIpc) is 3.15. The fourth-order valence-electron chi connectivity index (χ4n) is 3.06. The Morgan fingerprint density at radius 2 is 1.74 bits per heavy atom. The van der Waals surface area contributed by atoms with Crippen LogP contribution in [-0.4, -0.2) is 30.6 Å². The summed E-state index contributed by atoms with van der Waals surface area (Å²) < 4.78 is 16.2. The molecule has 0 spiro atoms. The molecular weight excluding hydrogens is 513 g/mol. The molecule has 2 aromatic carbocycles. The molecule has 0 saturated carbocycles. The van der Waals surface area contributed by atoms with Crippen LogP contribution in [0.5, 0.6) is 5.75 Å². The van der Waals surface area contributed by atoms with Gasteiger partial charge in [0.25, 0.3) is 5.91 Å². The van der Waals surface area contributed by atoms with Crippen molar-refractivity contribution in [3.05, 3.63) is 80.1 Å². The lowest BCUT2D eigenvalue weighted by atomic mass is 10.1. The Hall–Kier alpha value is -3.07. The molecule has 10 heteroatoms. The van der Waals surface area contributed by atoms with E-state index in [0.29, 0.717) is 10.6 Å². The van der Waals surface area contributed by atoms with Crippen molar-refractivity contribution < 1.29 is 28.6 Å². The summed E-state index contributed by atoms with van der Waals surface area (Å²) in [6, 6.07) is 13.8. The molecule has 0 aliphatic carbocycles. The van der Waals surface area contributed by atoms with Gasteiger partial charge in [0.1, 0.15) is 22.2 Å². The summed E-state index contributed by atoms with van der Waals surface area (Å²) in [5.74, 6) is -1.54. The minimum absolute atomic E-state index is 0.0696. The Morgan fingerprint density at radius 1 is 1.03 bits per heavy atom. The SMILES string of the molecule is CCOC(=O)c1c(NC(=O)C(C)Oc2ccc(Cl)cc2Cl)sc(C(=O)OCc2ccccc2)c1C. The minimum Gasteiger partial charge on any atom is -0.479 e. The zero-order chi connectivity index (χ0) is 25.5. The van der Waals surface area contributed by atoms with Gasteiger partial charge in [0.05, 0.1) is 17.2 Å². The molecule has 0 fully saturated rings. The molecule has 184 valence electrons. The third-order valence-electron chi connectivity index (χ3n) is 4.83. The van der Waals surface area contributed by atoms with E-state index in [1.807, 2.05) is 30.3 Å². The number of thiophene rings is 1. The van der Waals surface area contributed by atoms with Gasteiger partial charge in [-0.05, 0) is 50.1 Å². The highest BCUT2D eigenvalue weighted by Gasteiger charge is 2.29. The number of hydrogen-bond acceptors (Lipinski definition) is 7. The monoisotopic (exact) mass is 535 g/mol. The standard InChI is InChI=1S/C25H23Cl2NO6S/c1-4-32-24(30)20-14(2)21(25(31)33-13-16-8-6-5-7-9-16)35-23(20)28-22(29)15(3)34-19-11-10-17(26)12-18(19)27/h5-12,15H,4,13H2,1-3H3,(H,28,29). The van der Waals surface area contributed by atoms with Crippen molar-refractivity contribution in [2.24, 2.45) is 0 Å². The van der Waals surface area contributed by atoms with Crippen LogP contribution in [0, 0.1) is 6.92 Å². The number of anilines is 1. The maximum absolute atomic E-state index is 12.9. The molecule has 1 amide bonds. The average molecular weight is 536 g/mol. The van der Waals surface area contributed by atoms with Crippen LogP contribution in [0.3, 0.4) is 0 Å². The highest BCUT2D eigenvalue weighted by atomic mass is 35.5. The van der Waals surface area contributed by atoms with E-state index in [9.17, 15) is 14.4 Å². The van der Waals surface area contributed by atoms with Crippen molar-refractivity contribution in [3.63, 3.8) is 0 Å². The summed E-state index contributed by atoms with van der Waals surface area (Å²) in [6.45, 7) is 4.99. The Labute approximate surface area is 216 Å². The van der Waals surface area contributed by atoms with Crippen LogP contribution >= 0.6 is 34.5 Å². The van der Waals surface area contributed by atoms with E-state index in [-0.39, 0.29) is 39.4 Å². The van der Waals surface area contributed by atoms with Crippen molar-refractivity contribution in [2.45, 2.75) is 33.5 Å². The summed E-state index contributed by atoms with van der Waals surface area (Å²) in [4.78, 5) is 38.5. The van der Waals surface area contributed by atoms with Gasteiger partial charge in [0.15, 0.2) is 6.10 Å². The lowest BCUT2D eigenvalue weighted by Gasteiger charge is -2.15. The molecule has 1 unspecified atom stereocenters. The van der Waals surface area contributed by atoms with Gasteiger partial charge >= 0.3 is 11.9 Å². The summed E-state index contributed by atoms with van der Waals surface area (Å²) in [5.41, 5.74) is 1.27. The van der Waals surface area contributed by atoms with Crippen molar-refractivity contribution in [1.29, 1.82) is 0 Å². The molecule has 35 heavy (non-hydrogen) atoms. The van der Waals surface area contributed by atoms with Crippen LogP contribution in [0.1, 0.15) is 45.0 Å². The van der Waals surface area contributed by atoms with Gasteiger partial charge in [-0.15, -0.1) is 11.3 Å². The first kappa shape index (κ1) is 26.5. The summed E-state index contributed by atoms with van der Waals surface area (Å²) in [7, 11) is 0. The van der Waals surface area contributed by atoms with E-state index in [1.165, 1.54) is 13.0 Å². The molecule has 0 saturated heterocycles. The van der Waals surface area contributed by atoms with Crippen LogP contribution in [0.15, 0.2) is 48.5 Å². The second-order valence-corrected chi connectivity index (χ2v) is 9.23. The van der Waals surface area contributed by atoms with E-state index in [2.05, 4.69) is 5.32 Å². The molecule has 1 atom stereocenters. The van der Waals surface area contributed by atoms with Gasteiger partial charge in [-0.3, -0.25) is 4.79 Å². The molecule has 3 rings (SSSR count). The smallest absolute Gasteiger partial charge is 0.349 e. The fourth-order valence-corrected chi connectivity index (χ4v) is 4.61. The molecule has 1 aromatic heterocycles. The van der Waals surface area contributed by atoms with E-state index >= 15 is 0 Å². The normalized spacial score (nSPS) is 11.5. The molecular formula is C25H23Cl2NO6S. The second kappa shape index (κ2) is 12.1. The maximum Gasteiger partial charge on any atom is 0.349 e. The summed E-state index contributed by atoms with van der Waals surface area (Å²) in [6.07, 6.45) is -0.973. The highest BCUT2D eigenvalue weighted by molar-refractivity contribution is 7.18. The summed E-state index contributed by atoms with van der Waals surface area (Å²) >= 11 is 13.0. The molecule has 0 aliphatic rings. The number of amides is 1. The molecule has 0 radical (unpaired) electrons. The molecule has 1 heterocycles. The third kappa shape index (κ3) is 6.75. The van der Waals surface area contributed by atoms with Crippen LogP contribution < -0.4 is 10.1 Å². The Balaban J connectivity index is 1.80. The van der Waals surface area contributed by atoms with Crippen LogP contribution in [0.2, 0.25) is 10.0 Å². The van der Waals surface area contributed by atoms with Gasteiger partial charge in [0, 0.05) is 5.02 Å². The number of carbonyl (C=O) groups excluding carboxylic acids is 3. The fraction of sp³-hybridized carbons (Fsp3) is 0.240. The predicted octanol–water partition coefficient (Wildman–Crippen LogP) is 6.30. The van der Waals surface area contributed by atoms with Crippen molar-refractivity contribution in [2.75, 3.05) is 11.9 Å². The zero-order valence-corrected chi connectivity index (χ0v) is 21.6. The van der Waals surface area contributed by atoms with Crippen LogP contribution in [0.4, 0.5) is 5.00 Å².